The molecule has 1 fully saturated rings. The standard InChI is InChI=1S/C11H20N2O2/c1-2-3-10(12)11(15)13-7-8-4-5-9(14)6-8/h2,8-10,14H,1,3-7,12H2,(H,13,15). The quantitative estimate of drug-likeness (QED) is 0.568. The van der Waals surface area contributed by atoms with E-state index in [9.17, 15) is 9.90 Å². The first-order chi connectivity index (χ1) is 7.13. The minimum atomic E-state index is -0.492. The van der Waals surface area contributed by atoms with Gasteiger partial charge in [-0.1, -0.05) is 6.08 Å². The number of amides is 1. The van der Waals surface area contributed by atoms with Gasteiger partial charge in [-0.2, -0.15) is 0 Å². The Morgan fingerprint density at radius 1 is 1.67 bits per heavy atom. The number of hydrogen-bond donors (Lipinski definition) is 3. The highest BCUT2D eigenvalue weighted by atomic mass is 16.3. The molecule has 86 valence electrons. The molecule has 1 saturated carbocycles. The molecule has 0 aromatic carbocycles. The summed E-state index contributed by atoms with van der Waals surface area (Å²) in [4.78, 5) is 11.4. The van der Waals surface area contributed by atoms with Crippen LogP contribution in [-0.2, 0) is 4.79 Å². The molecule has 1 amide bonds. The van der Waals surface area contributed by atoms with E-state index in [1.54, 1.807) is 6.08 Å². The van der Waals surface area contributed by atoms with Crippen LogP contribution in [0.15, 0.2) is 12.7 Å². The summed E-state index contributed by atoms with van der Waals surface area (Å²) in [6.45, 7) is 4.16. The van der Waals surface area contributed by atoms with Gasteiger partial charge >= 0.3 is 0 Å². The first kappa shape index (κ1) is 12.2. The Hall–Kier alpha value is -0.870. The average molecular weight is 212 g/mol. The third kappa shape index (κ3) is 4.01. The summed E-state index contributed by atoms with van der Waals surface area (Å²) in [6.07, 6.45) is 4.57. The van der Waals surface area contributed by atoms with Crippen LogP contribution in [0.3, 0.4) is 0 Å². The molecular weight excluding hydrogens is 192 g/mol. The van der Waals surface area contributed by atoms with Gasteiger partial charge in [-0.25, -0.2) is 0 Å². The number of hydrogen-bond acceptors (Lipinski definition) is 3. The van der Waals surface area contributed by atoms with Crippen LogP contribution in [0.4, 0.5) is 0 Å². The average Bonchev–Trinajstić information content (AvgIpc) is 2.61. The van der Waals surface area contributed by atoms with Crippen molar-refractivity contribution in [2.24, 2.45) is 11.7 Å². The number of nitrogens with two attached hydrogens (primary N) is 1. The second-order valence-electron chi connectivity index (χ2n) is 4.21. The predicted molar refractivity (Wildman–Crippen MR) is 59.1 cm³/mol. The molecule has 1 rings (SSSR count). The largest absolute Gasteiger partial charge is 0.393 e. The Labute approximate surface area is 90.5 Å². The maximum Gasteiger partial charge on any atom is 0.237 e. The molecule has 0 radical (unpaired) electrons. The van der Waals surface area contributed by atoms with E-state index in [0.717, 1.165) is 19.3 Å². The van der Waals surface area contributed by atoms with Gasteiger partial charge < -0.3 is 16.2 Å². The maximum atomic E-state index is 11.4. The molecule has 0 heterocycles. The molecule has 15 heavy (non-hydrogen) atoms. The summed E-state index contributed by atoms with van der Waals surface area (Å²) in [5.41, 5.74) is 5.61. The summed E-state index contributed by atoms with van der Waals surface area (Å²) in [6, 6.07) is -0.492. The topological polar surface area (TPSA) is 75.4 Å². The number of aliphatic hydroxyl groups excluding tert-OH is 1. The monoisotopic (exact) mass is 212 g/mol. The Morgan fingerprint density at radius 3 is 2.93 bits per heavy atom. The number of carbonyl (C=O) groups is 1. The zero-order valence-corrected chi connectivity index (χ0v) is 8.98. The van der Waals surface area contributed by atoms with Crippen LogP contribution in [0.1, 0.15) is 25.7 Å². The first-order valence-electron chi connectivity index (χ1n) is 5.45. The van der Waals surface area contributed by atoms with Crippen molar-refractivity contribution in [3.05, 3.63) is 12.7 Å². The third-order valence-electron chi connectivity index (χ3n) is 2.84. The smallest absolute Gasteiger partial charge is 0.237 e. The van der Waals surface area contributed by atoms with Gasteiger partial charge in [0.1, 0.15) is 0 Å². The van der Waals surface area contributed by atoms with Crippen LogP contribution >= 0.6 is 0 Å². The lowest BCUT2D eigenvalue weighted by atomic mass is 10.1. The van der Waals surface area contributed by atoms with Gasteiger partial charge in [0.05, 0.1) is 12.1 Å². The van der Waals surface area contributed by atoms with Crippen molar-refractivity contribution < 1.29 is 9.90 Å². The molecule has 0 aromatic rings. The van der Waals surface area contributed by atoms with Crippen molar-refractivity contribution in [3.63, 3.8) is 0 Å². The molecule has 4 N–H and O–H groups in total. The summed E-state index contributed by atoms with van der Waals surface area (Å²) >= 11 is 0. The molecule has 3 unspecified atom stereocenters. The van der Waals surface area contributed by atoms with Gasteiger partial charge in [-0.3, -0.25) is 4.79 Å². The van der Waals surface area contributed by atoms with Gasteiger partial charge in [0.25, 0.3) is 0 Å². The summed E-state index contributed by atoms with van der Waals surface area (Å²) in [7, 11) is 0. The van der Waals surface area contributed by atoms with E-state index in [0.29, 0.717) is 18.9 Å². The highest BCUT2D eigenvalue weighted by Gasteiger charge is 2.23. The SMILES string of the molecule is C=CCC(N)C(=O)NCC1CCC(O)C1. The fraction of sp³-hybridized carbons (Fsp3) is 0.727. The van der Waals surface area contributed by atoms with Crippen molar-refractivity contribution in [1.82, 2.24) is 5.32 Å². The van der Waals surface area contributed by atoms with E-state index < -0.39 is 6.04 Å². The second-order valence-corrected chi connectivity index (χ2v) is 4.21. The summed E-state index contributed by atoms with van der Waals surface area (Å²) < 4.78 is 0. The van der Waals surface area contributed by atoms with Crippen molar-refractivity contribution in [1.29, 1.82) is 0 Å². The van der Waals surface area contributed by atoms with Crippen LogP contribution < -0.4 is 11.1 Å². The number of nitrogens with one attached hydrogen (secondary N) is 1. The summed E-state index contributed by atoms with van der Waals surface area (Å²) in [5, 5.41) is 12.1. The maximum absolute atomic E-state index is 11.4. The van der Waals surface area contributed by atoms with Gasteiger partial charge in [0.15, 0.2) is 0 Å². The van der Waals surface area contributed by atoms with Crippen molar-refractivity contribution in [3.8, 4) is 0 Å². The fourth-order valence-corrected chi connectivity index (χ4v) is 1.90. The minimum absolute atomic E-state index is 0.128. The van der Waals surface area contributed by atoms with Crippen LogP contribution in [0.5, 0.6) is 0 Å². The van der Waals surface area contributed by atoms with E-state index in [1.165, 1.54) is 0 Å². The van der Waals surface area contributed by atoms with Crippen LogP contribution in [0, 0.1) is 5.92 Å². The molecule has 0 spiro atoms. The van der Waals surface area contributed by atoms with Crippen molar-refractivity contribution in [2.75, 3.05) is 6.54 Å². The Balaban J connectivity index is 2.19. The van der Waals surface area contributed by atoms with Crippen molar-refractivity contribution >= 4 is 5.91 Å². The van der Waals surface area contributed by atoms with Crippen LogP contribution in [0.25, 0.3) is 0 Å². The Kier molecular flexibility index (Phi) is 4.78. The molecular formula is C11H20N2O2. The molecule has 1 aliphatic rings. The minimum Gasteiger partial charge on any atom is -0.393 e. The van der Waals surface area contributed by atoms with Gasteiger partial charge in [-0.15, -0.1) is 6.58 Å². The van der Waals surface area contributed by atoms with E-state index in [1.807, 2.05) is 0 Å². The van der Waals surface area contributed by atoms with E-state index >= 15 is 0 Å². The number of carbonyl (C=O) groups excluding carboxylic acids is 1. The molecule has 0 aliphatic heterocycles. The van der Waals surface area contributed by atoms with E-state index in [2.05, 4.69) is 11.9 Å². The molecule has 4 heteroatoms. The highest BCUT2D eigenvalue weighted by Crippen LogP contribution is 2.24. The van der Waals surface area contributed by atoms with Crippen molar-refractivity contribution in [2.45, 2.75) is 37.8 Å². The normalized spacial score (nSPS) is 27.3. The lowest BCUT2D eigenvalue weighted by Gasteiger charge is -2.13. The zero-order valence-electron chi connectivity index (χ0n) is 8.98. The Morgan fingerprint density at radius 2 is 2.40 bits per heavy atom. The number of aliphatic hydroxyl groups is 1. The third-order valence-corrected chi connectivity index (χ3v) is 2.84. The molecule has 1 aliphatic carbocycles. The van der Waals surface area contributed by atoms with Gasteiger partial charge in [-0.05, 0) is 31.6 Å². The zero-order chi connectivity index (χ0) is 11.3. The molecule has 0 aromatic heterocycles. The highest BCUT2D eigenvalue weighted by molar-refractivity contribution is 5.81. The summed E-state index contributed by atoms with van der Waals surface area (Å²) in [5.74, 6) is 0.274. The number of rotatable bonds is 5. The predicted octanol–water partition coefficient (Wildman–Crippen LogP) is 0.167. The van der Waals surface area contributed by atoms with E-state index in [-0.39, 0.29) is 12.0 Å². The van der Waals surface area contributed by atoms with Gasteiger partial charge in [0, 0.05) is 6.54 Å². The lowest BCUT2D eigenvalue weighted by Crippen LogP contribution is -2.41. The molecule has 4 nitrogen and oxygen atoms in total. The molecule has 0 saturated heterocycles. The molecule has 0 bridgehead atoms. The van der Waals surface area contributed by atoms with E-state index in [4.69, 9.17) is 5.73 Å². The van der Waals surface area contributed by atoms with Crippen LogP contribution in [0.2, 0.25) is 0 Å². The second kappa shape index (κ2) is 5.88. The van der Waals surface area contributed by atoms with Gasteiger partial charge in [0.2, 0.25) is 5.91 Å². The molecule has 3 atom stereocenters. The van der Waals surface area contributed by atoms with Crippen LogP contribution in [-0.4, -0.2) is 29.7 Å². The lowest BCUT2D eigenvalue weighted by molar-refractivity contribution is -0.122. The first-order valence-corrected chi connectivity index (χ1v) is 5.45. The fourth-order valence-electron chi connectivity index (χ4n) is 1.90. The Bertz CT molecular complexity index is 231.